The molecule has 0 aliphatic carbocycles. The molecular formula is C38H22O2. The second-order valence-corrected chi connectivity index (χ2v) is 9.37. The number of hydrogen-bond donors (Lipinski definition) is 0. The first-order valence-electron chi connectivity index (χ1n) is 19.9. The van der Waals surface area contributed by atoms with Crippen molar-refractivity contribution in [1.82, 2.24) is 0 Å². The van der Waals surface area contributed by atoms with Crippen molar-refractivity contribution in [3.05, 3.63) is 133 Å². The molecule has 0 unspecified atom stereocenters. The van der Waals surface area contributed by atoms with E-state index in [-0.39, 0.29) is 38.2 Å². The van der Waals surface area contributed by atoms with Gasteiger partial charge in [-0.2, -0.15) is 0 Å². The first-order valence-corrected chi connectivity index (χ1v) is 12.4. The Bertz CT molecular complexity index is 3180. The van der Waals surface area contributed by atoms with Gasteiger partial charge in [-0.3, -0.25) is 0 Å². The molecule has 0 N–H and O–H groups in total. The molecule has 0 bridgehead atoms. The van der Waals surface area contributed by atoms with Crippen LogP contribution in [0.1, 0.15) is 20.6 Å². The van der Waals surface area contributed by atoms with Crippen molar-refractivity contribution in [2.45, 2.75) is 0 Å². The predicted octanol–water partition coefficient (Wildman–Crippen LogP) is 11.1. The van der Waals surface area contributed by atoms with Gasteiger partial charge >= 0.3 is 0 Å². The highest BCUT2D eigenvalue weighted by Gasteiger charge is 2.19. The predicted molar refractivity (Wildman–Crippen MR) is 167 cm³/mol. The van der Waals surface area contributed by atoms with Crippen molar-refractivity contribution in [3.63, 3.8) is 0 Å². The van der Waals surface area contributed by atoms with Crippen LogP contribution < -0.4 is 0 Å². The summed E-state index contributed by atoms with van der Waals surface area (Å²) in [5, 5.41) is 0.295. The Kier molecular flexibility index (Phi) is 2.39. The summed E-state index contributed by atoms with van der Waals surface area (Å²) in [6.45, 7) is 0. The van der Waals surface area contributed by atoms with Gasteiger partial charge in [-0.25, -0.2) is 0 Å². The SMILES string of the molecule is [2H]c1c([2H])c([2H])c2c(-c3c4c([2H])c([2H])c([2H])c([2H])c4c(-c4ccc5c(c4)oc4cc6ccoc6cc45)c4c([2H])c([2H])c([2H])c([2H])c34)c([2H])c([2H])c([2H])c2c1[2H]. The fraction of sp³-hybridized carbons (Fsp3) is 0. The summed E-state index contributed by atoms with van der Waals surface area (Å²) in [4.78, 5) is 0. The molecule has 9 aromatic rings. The molecule has 7 aromatic carbocycles. The molecule has 0 saturated heterocycles. The maximum Gasteiger partial charge on any atom is 0.136 e. The van der Waals surface area contributed by atoms with Gasteiger partial charge in [0.1, 0.15) is 16.7 Å². The zero-order valence-electron chi connectivity index (χ0n) is 35.4. The Labute approximate surface area is 250 Å². The van der Waals surface area contributed by atoms with Crippen LogP contribution in [0.2, 0.25) is 0 Å². The third kappa shape index (κ3) is 2.99. The van der Waals surface area contributed by atoms with E-state index >= 15 is 0 Å². The Balaban J connectivity index is 1.57. The van der Waals surface area contributed by atoms with Crippen LogP contribution in [0.15, 0.2) is 142 Å². The van der Waals surface area contributed by atoms with Crippen LogP contribution in [0.5, 0.6) is 0 Å². The number of rotatable bonds is 2. The quantitative estimate of drug-likeness (QED) is 0.210. The largest absolute Gasteiger partial charge is 0.464 e. The van der Waals surface area contributed by atoms with E-state index in [0.29, 0.717) is 22.1 Å². The van der Waals surface area contributed by atoms with Crippen LogP contribution in [-0.4, -0.2) is 0 Å². The molecule has 0 atom stereocenters. The van der Waals surface area contributed by atoms with E-state index in [1.165, 1.54) is 0 Å². The molecule has 0 fully saturated rings. The number of furan rings is 2. The fourth-order valence-electron chi connectivity index (χ4n) is 5.55. The normalized spacial score (nSPS) is 17.2. The van der Waals surface area contributed by atoms with Crippen LogP contribution in [0.3, 0.4) is 0 Å². The molecule has 2 aromatic heterocycles. The molecule has 0 saturated carbocycles. The van der Waals surface area contributed by atoms with Crippen LogP contribution in [-0.2, 0) is 0 Å². The van der Waals surface area contributed by atoms with Gasteiger partial charge < -0.3 is 8.83 Å². The average molecular weight is 526 g/mol. The van der Waals surface area contributed by atoms with E-state index in [2.05, 4.69) is 0 Å². The van der Waals surface area contributed by atoms with Gasteiger partial charge in [0, 0.05) is 16.2 Å². The maximum atomic E-state index is 9.27. The highest BCUT2D eigenvalue weighted by Crippen LogP contribution is 2.46. The molecular weight excluding hydrogens is 488 g/mol. The molecule has 2 heteroatoms. The van der Waals surface area contributed by atoms with Crippen molar-refractivity contribution < 1.29 is 29.4 Å². The van der Waals surface area contributed by atoms with E-state index in [1.807, 2.05) is 6.07 Å². The summed E-state index contributed by atoms with van der Waals surface area (Å²) in [5.41, 5.74) is 0.938. The Morgan fingerprint density at radius 2 is 1.10 bits per heavy atom. The maximum absolute atomic E-state index is 9.27. The minimum atomic E-state index is -0.762. The zero-order chi connectivity index (χ0) is 39.3. The number of hydrogen-bond acceptors (Lipinski definition) is 2. The van der Waals surface area contributed by atoms with Gasteiger partial charge in [-0.05, 0) is 84.9 Å². The first kappa shape index (κ1) is 11.8. The summed E-state index contributed by atoms with van der Waals surface area (Å²) in [5.74, 6) is 0. The lowest BCUT2D eigenvalue weighted by atomic mass is 9.84. The van der Waals surface area contributed by atoms with E-state index in [4.69, 9.17) is 22.5 Å². The summed E-state index contributed by atoms with van der Waals surface area (Å²) in [6.07, 6.45) is 1.56. The molecule has 0 aliphatic heterocycles. The minimum absolute atomic E-state index is 0.00943. The fourth-order valence-corrected chi connectivity index (χ4v) is 5.55. The molecule has 2 heterocycles. The van der Waals surface area contributed by atoms with Gasteiger partial charge in [0.05, 0.1) is 26.8 Å². The monoisotopic (exact) mass is 525 g/mol. The number of benzene rings is 7. The standard InChI is InChI=1S/C38H22O2/c1-2-10-26-23(8-1)9-7-15-28(26)38-31-13-5-3-11-29(31)37(30-12-4-6-14-32(30)38)25-16-17-27-33-22-34-24(18-19-39-34)20-36(33)40-35(27)21-25/h1-22H/i1D,2D,3D,4D,5D,6D,7D,8D,9D,10D,11D,12D,13D,14D,15D. The second kappa shape index (κ2) is 8.08. The molecule has 40 heavy (non-hydrogen) atoms. The molecule has 9 rings (SSSR count). The lowest BCUT2D eigenvalue weighted by Gasteiger charge is -2.18. The smallest absolute Gasteiger partial charge is 0.136 e. The Hall–Kier alpha value is -5.34. The summed E-state index contributed by atoms with van der Waals surface area (Å²) < 4.78 is 145. The van der Waals surface area contributed by atoms with Crippen molar-refractivity contribution >= 4 is 65.2 Å². The lowest BCUT2D eigenvalue weighted by Crippen LogP contribution is -1.91. The first-order chi connectivity index (χ1) is 26.1. The van der Waals surface area contributed by atoms with Crippen molar-refractivity contribution in [3.8, 4) is 22.3 Å². The minimum Gasteiger partial charge on any atom is -0.464 e. The van der Waals surface area contributed by atoms with E-state index in [1.54, 1.807) is 36.6 Å². The molecule has 0 amide bonds. The molecule has 186 valence electrons. The van der Waals surface area contributed by atoms with Gasteiger partial charge in [-0.15, -0.1) is 0 Å². The van der Waals surface area contributed by atoms with E-state index < -0.39 is 107 Å². The van der Waals surface area contributed by atoms with Gasteiger partial charge in [0.25, 0.3) is 0 Å². The van der Waals surface area contributed by atoms with Crippen LogP contribution >= 0.6 is 0 Å². The van der Waals surface area contributed by atoms with Crippen molar-refractivity contribution in [2.24, 2.45) is 0 Å². The third-order valence-electron chi connectivity index (χ3n) is 7.27. The van der Waals surface area contributed by atoms with Crippen molar-refractivity contribution in [2.75, 3.05) is 0 Å². The van der Waals surface area contributed by atoms with E-state index in [9.17, 15) is 6.85 Å². The van der Waals surface area contributed by atoms with E-state index in [0.717, 1.165) is 10.8 Å². The van der Waals surface area contributed by atoms with Gasteiger partial charge in [0.15, 0.2) is 0 Å². The zero-order valence-corrected chi connectivity index (χ0v) is 20.4. The second-order valence-electron chi connectivity index (χ2n) is 9.37. The highest BCUT2D eigenvalue weighted by molar-refractivity contribution is 6.24. The Morgan fingerprint density at radius 1 is 0.450 bits per heavy atom. The van der Waals surface area contributed by atoms with Gasteiger partial charge in [-0.1, -0.05) is 96.7 Å². The van der Waals surface area contributed by atoms with Crippen LogP contribution in [0.4, 0.5) is 0 Å². The topological polar surface area (TPSA) is 26.3 Å². The molecule has 0 spiro atoms. The molecule has 2 nitrogen and oxygen atoms in total. The third-order valence-corrected chi connectivity index (χ3v) is 7.27. The summed E-state index contributed by atoms with van der Waals surface area (Å²) in [6, 6.07) is 0.0617. The average Bonchev–Trinajstić information content (AvgIpc) is 3.79. The van der Waals surface area contributed by atoms with Crippen LogP contribution in [0.25, 0.3) is 87.5 Å². The lowest BCUT2D eigenvalue weighted by molar-refractivity contribution is 0.616. The molecule has 0 aliphatic rings. The van der Waals surface area contributed by atoms with Crippen molar-refractivity contribution in [1.29, 1.82) is 0 Å². The molecule has 0 radical (unpaired) electrons. The summed E-state index contributed by atoms with van der Waals surface area (Å²) in [7, 11) is 0. The summed E-state index contributed by atoms with van der Waals surface area (Å²) >= 11 is 0. The highest BCUT2D eigenvalue weighted by atomic mass is 16.3. The van der Waals surface area contributed by atoms with Gasteiger partial charge in [0.2, 0.25) is 0 Å². The Morgan fingerprint density at radius 3 is 1.88 bits per heavy atom. The number of fused-ring (bicyclic) bond motifs is 7. The van der Waals surface area contributed by atoms with Crippen LogP contribution in [0, 0.1) is 0 Å².